The molecule has 1 aromatic carbocycles. The van der Waals surface area contributed by atoms with Crippen molar-refractivity contribution in [3.05, 3.63) is 35.0 Å². The number of benzene rings is 1. The van der Waals surface area contributed by atoms with Crippen LogP contribution >= 0.6 is 0 Å². The first-order chi connectivity index (χ1) is 8.11. The van der Waals surface area contributed by atoms with Crippen LogP contribution in [0.3, 0.4) is 0 Å². The van der Waals surface area contributed by atoms with Crippen molar-refractivity contribution in [3.8, 4) is 11.6 Å². The van der Waals surface area contributed by atoms with Crippen LogP contribution in [-0.2, 0) is 13.6 Å². The number of nitrogens with two attached hydrogens (primary N) is 1. The first-order valence-corrected chi connectivity index (χ1v) is 5.44. The number of aromatic nitrogens is 3. The molecular weight excluding hydrogens is 216 g/mol. The average Bonchev–Trinajstić information content (AvgIpc) is 2.69. The maximum atomic E-state index is 5.81. The Labute approximate surface area is 100 Å². The summed E-state index contributed by atoms with van der Waals surface area (Å²) in [6.07, 6.45) is 1.59. The van der Waals surface area contributed by atoms with Gasteiger partial charge in [-0.05, 0) is 30.5 Å². The number of aryl methyl sites for hydroxylation is 3. The molecule has 90 valence electrons. The van der Waals surface area contributed by atoms with E-state index in [-0.39, 0.29) is 0 Å². The Morgan fingerprint density at radius 3 is 2.41 bits per heavy atom. The molecule has 0 saturated carbocycles. The van der Waals surface area contributed by atoms with Crippen molar-refractivity contribution in [2.45, 2.75) is 20.4 Å². The zero-order valence-corrected chi connectivity index (χ0v) is 10.3. The minimum absolute atomic E-state index is 0.537. The first-order valence-electron chi connectivity index (χ1n) is 5.44. The topological polar surface area (TPSA) is 66.0 Å². The van der Waals surface area contributed by atoms with Crippen LogP contribution in [-0.4, -0.2) is 15.0 Å². The summed E-state index contributed by atoms with van der Waals surface area (Å²) >= 11 is 0. The van der Waals surface area contributed by atoms with Crippen LogP contribution in [0.15, 0.2) is 18.3 Å². The molecule has 0 unspecified atom stereocenters. The third-order valence-corrected chi connectivity index (χ3v) is 2.64. The van der Waals surface area contributed by atoms with Gasteiger partial charge >= 0.3 is 0 Å². The molecule has 0 atom stereocenters. The summed E-state index contributed by atoms with van der Waals surface area (Å²) in [5, 5.41) is 7.61. The summed E-state index contributed by atoms with van der Waals surface area (Å²) in [6.45, 7) is 4.55. The Bertz CT molecular complexity index is 510. The van der Waals surface area contributed by atoms with E-state index in [1.165, 1.54) is 0 Å². The van der Waals surface area contributed by atoms with Crippen LogP contribution in [0.4, 0.5) is 0 Å². The van der Waals surface area contributed by atoms with Crippen LogP contribution in [0, 0.1) is 13.8 Å². The quantitative estimate of drug-likeness (QED) is 0.874. The molecule has 0 aliphatic rings. The van der Waals surface area contributed by atoms with Crippen LogP contribution in [0.5, 0.6) is 11.6 Å². The van der Waals surface area contributed by atoms with E-state index in [1.54, 1.807) is 17.9 Å². The Morgan fingerprint density at radius 1 is 1.29 bits per heavy atom. The lowest BCUT2D eigenvalue weighted by molar-refractivity contribution is 0.424. The van der Waals surface area contributed by atoms with Gasteiger partial charge in [0.2, 0.25) is 5.88 Å². The summed E-state index contributed by atoms with van der Waals surface area (Å²) in [7, 11) is 1.79. The molecule has 1 aromatic heterocycles. The third kappa shape index (κ3) is 2.29. The molecule has 2 N–H and O–H groups in total. The van der Waals surface area contributed by atoms with Crippen molar-refractivity contribution >= 4 is 0 Å². The van der Waals surface area contributed by atoms with Crippen LogP contribution in [0.1, 0.15) is 16.7 Å². The summed E-state index contributed by atoms with van der Waals surface area (Å²) < 4.78 is 7.40. The van der Waals surface area contributed by atoms with Gasteiger partial charge in [-0.2, -0.15) is 0 Å². The molecule has 2 aromatic rings. The lowest BCUT2D eigenvalue weighted by atomic mass is 10.1. The molecule has 0 aliphatic carbocycles. The zero-order valence-electron chi connectivity index (χ0n) is 10.3. The van der Waals surface area contributed by atoms with Crippen molar-refractivity contribution in [1.29, 1.82) is 0 Å². The maximum Gasteiger partial charge on any atom is 0.237 e. The second-order valence-electron chi connectivity index (χ2n) is 4.06. The summed E-state index contributed by atoms with van der Waals surface area (Å²) in [5.41, 5.74) is 8.86. The highest BCUT2D eigenvalue weighted by Gasteiger charge is 2.09. The fourth-order valence-corrected chi connectivity index (χ4v) is 1.80. The van der Waals surface area contributed by atoms with Crippen molar-refractivity contribution in [2.24, 2.45) is 12.8 Å². The fourth-order valence-electron chi connectivity index (χ4n) is 1.80. The number of nitrogens with zero attached hydrogens (tertiary/aromatic N) is 3. The molecule has 0 fully saturated rings. The van der Waals surface area contributed by atoms with Crippen LogP contribution in [0.25, 0.3) is 0 Å². The predicted octanol–water partition coefficient (Wildman–Crippen LogP) is 1.68. The van der Waals surface area contributed by atoms with E-state index < -0.39 is 0 Å². The Morgan fingerprint density at radius 2 is 1.94 bits per heavy atom. The molecule has 0 bridgehead atoms. The van der Waals surface area contributed by atoms with Gasteiger partial charge in [0.15, 0.2) is 0 Å². The van der Waals surface area contributed by atoms with E-state index in [0.29, 0.717) is 12.4 Å². The van der Waals surface area contributed by atoms with E-state index in [9.17, 15) is 0 Å². The standard InChI is InChI=1S/C12H16N4O/c1-8-4-10(6-13)5-9(2)12(8)17-11-7-14-15-16(11)3/h4-5,7H,6,13H2,1-3H3. The number of rotatable bonds is 3. The van der Waals surface area contributed by atoms with E-state index in [2.05, 4.69) is 10.3 Å². The van der Waals surface area contributed by atoms with Crippen molar-refractivity contribution < 1.29 is 4.74 Å². The molecule has 1 heterocycles. The molecule has 17 heavy (non-hydrogen) atoms. The highest BCUT2D eigenvalue weighted by Crippen LogP contribution is 2.28. The molecule has 0 saturated heterocycles. The molecule has 0 aliphatic heterocycles. The van der Waals surface area contributed by atoms with Gasteiger partial charge in [-0.25, -0.2) is 4.68 Å². The van der Waals surface area contributed by atoms with Crippen LogP contribution < -0.4 is 10.5 Å². The fraction of sp³-hybridized carbons (Fsp3) is 0.333. The second kappa shape index (κ2) is 4.55. The third-order valence-electron chi connectivity index (χ3n) is 2.64. The van der Waals surface area contributed by atoms with Gasteiger partial charge in [0, 0.05) is 13.6 Å². The molecule has 0 spiro atoms. The van der Waals surface area contributed by atoms with E-state index >= 15 is 0 Å². The van der Waals surface area contributed by atoms with Gasteiger partial charge in [0.05, 0.1) is 0 Å². The first kappa shape index (κ1) is 11.6. The van der Waals surface area contributed by atoms with Gasteiger partial charge in [0.1, 0.15) is 11.9 Å². The van der Waals surface area contributed by atoms with E-state index in [0.717, 1.165) is 22.4 Å². The minimum atomic E-state index is 0.537. The largest absolute Gasteiger partial charge is 0.437 e. The Balaban J connectivity index is 2.36. The van der Waals surface area contributed by atoms with Gasteiger partial charge in [-0.15, -0.1) is 5.10 Å². The van der Waals surface area contributed by atoms with Gasteiger partial charge in [-0.3, -0.25) is 0 Å². The molecule has 2 rings (SSSR count). The SMILES string of the molecule is Cc1cc(CN)cc(C)c1Oc1cnnn1C. The molecular formula is C12H16N4O. The normalized spacial score (nSPS) is 10.6. The summed E-state index contributed by atoms with van der Waals surface area (Å²) in [5.74, 6) is 1.46. The Kier molecular flexibility index (Phi) is 3.10. The zero-order chi connectivity index (χ0) is 12.4. The van der Waals surface area contributed by atoms with Crippen molar-refractivity contribution in [1.82, 2.24) is 15.0 Å². The smallest absolute Gasteiger partial charge is 0.237 e. The Hall–Kier alpha value is -1.88. The maximum absolute atomic E-state index is 5.81. The second-order valence-corrected chi connectivity index (χ2v) is 4.06. The van der Waals surface area contributed by atoms with Gasteiger partial charge < -0.3 is 10.5 Å². The lowest BCUT2D eigenvalue weighted by Gasteiger charge is -2.12. The number of hydrogen-bond acceptors (Lipinski definition) is 4. The summed E-state index contributed by atoms with van der Waals surface area (Å²) in [4.78, 5) is 0. The van der Waals surface area contributed by atoms with E-state index in [1.807, 2.05) is 26.0 Å². The van der Waals surface area contributed by atoms with Crippen molar-refractivity contribution in [3.63, 3.8) is 0 Å². The lowest BCUT2D eigenvalue weighted by Crippen LogP contribution is -2.01. The highest BCUT2D eigenvalue weighted by atomic mass is 16.5. The highest BCUT2D eigenvalue weighted by molar-refractivity contribution is 5.44. The number of ether oxygens (including phenoxy) is 1. The van der Waals surface area contributed by atoms with Crippen LogP contribution in [0.2, 0.25) is 0 Å². The minimum Gasteiger partial charge on any atom is -0.437 e. The predicted molar refractivity (Wildman–Crippen MR) is 64.9 cm³/mol. The number of hydrogen-bond donors (Lipinski definition) is 1. The molecule has 5 heteroatoms. The molecule has 5 nitrogen and oxygen atoms in total. The average molecular weight is 232 g/mol. The monoisotopic (exact) mass is 232 g/mol. The molecule has 0 radical (unpaired) electrons. The van der Waals surface area contributed by atoms with Gasteiger partial charge in [-0.1, -0.05) is 17.3 Å². The van der Waals surface area contributed by atoms with Crippen molar-refractivity contribution in [2.75, 3.05) is 0 Å². The molecule has 0 amide bonds. The summed E-state index contributed by atoms with van der Waals surface area (Å²) in [6, 6.07) is 4.07. The van der Waals surface area contributed by atoms with Gasteiger partial charge in [0.25, 0.3) is 0 Å². The van der Waals surface area contributed by atoms with E-state index in [4.69, 9.17) is 10.5 Å².